The van der Waals surface area contributed by atoms with Gasteiger partial charge in [0.15, 0.2) is 0 Å². The molecule has 0 spiro atoms. The van der Waals surface area contributed by atoms with Gasteiger partial charge in [-0.1, -0.05) is 34.1 Å². The number of sulfonamides is 1. The summed E-state index contributed by atoms with van der Waals surface area (Å²) < 4.78 is 32.7. The molecule has 216 valence electrons. The van der Waals surface area contributed by atoms with Crippen molar-refractivity contribution < 1.29 is 23.4 Å². The number of nitrogens with zero attached hydrogens (tertiary/aromatic N) is 1. The number of nitrogens with one attached hydrogen (secondary N) is 1. The van der Waals surface area contributed by atoms with Crippen molar-refractivity contribution in [2.45, 2.75) is 102 Å². The molecule has 0 unspecified atom stereocenters. The van der Waals surface area contributed by atoms with Crippen molar-refractivity contribution in [2.24, 2.45) is 52.3 Å². The molecule has 0 aromatic carbocycles. The van der Waals surface area contributed by atoms with E-state index in [4.69, 9.17) is 4.74 Å². The normalized spacial score (nSPS) is 43.7. The van der Waals surface area contributed by atoms with E-state index in [9.17, 15) is 18.6 Å². The van der Waals surface area contributed by atoms with Gasteiger partial charge in [-0.05, 0) is 104 Å². The van der Waals surface area contributed by atoms with Crippen LogP contribution >= 0.6 is 11.3 Å². The van der Waals surface area contributed by atoms with Gasteiger partial charge in [0.05, 0.1) is 12.2 Å². The Morgan fingerprint density at radius 3 is 2.58 bits per heavy atom. The summed E-state index contributed by atoms with van der Waals surface area (Å²) in [5.74, 6) is 3.26. The Hall–Kier alpha value is -0.580. The van der Waals surface area contributed by atoms with Crippen LogP contribution in [0.2, 0.25) is 0 Å². The van der Waals surface area contributed by atoms with E-state index in [2.05, 4.69) is 37.4 Å². The number of aliphatic hydroxyl groups excluding tert-OH is 2. The van der Waals surface area contributed by atoms with E-state index in [1.54, 1.807) is 5.38 Å². The number of aromatic nitrogens is 1. The van der Waals surface area contributed by atoms with Gasteiger partial charge in [-0.3, -0.25) is 0 Å². The van der Waals surface area contributed by atoms with E-state index in [1.165, 1.54) is 31.9 Å². The highest BCUT2D eigenvalue weighted by Crippen LogP contribution is 2.69. The summed E-state index contributed by atoms with van der Waals surface area (Å²) in [5, 5.41) is 24.0. The monoisotopic (exact) mass is 568 g/mol. The molecule has 11 atom stereocenters. The molecular weight excluding hydrogens is 520 g/mol. The third-order valence-corrected chi connectivity index (χ3v) is 14.4. The first-order valence-corrected chi connectivity index (χ1v) is 17.2. The maximum absolute atomic E-state index is 12.2. The molecule has 0 aliphatic heterocycles. The van der Waals surface area contributed by atoms with Crippen molar-refractivity contribution in [2.75, 3.05) is 13.3 Å². The fraction of sp³-hybridized carbons (Fsp3) is 0.897. The molecule has 4 saturated carbocycles. The number of hydrogen-bond acceptors (Lipinski definition) is 7. The summed E-state index contributed by atoms with van der Waals surface area (Å²) in [7, 11) is -3.60. The maximum Gasteiger partial charge on any atom is 0.269 e. The molecule has 0 saturated heterocycles. The van der Waals surface area contributed by atoms with E-state index in [-0.39, 0.29) is 40.0 Å². The van der Waals surface area contributed by atoms with E-state index in [1.807, 2.05) is 0 Å². The molecular formula is C29H48N2O5S2. The minimum atomic E-state index is -3.60. The third kappa shape index (κ3) is 4.91. The van der Waals surface area contributed by atoms with Crippen LogP contribution in [0.1, 0.15) is 85.5 Å². The highest BCUT2D eigenvalue weighted by Gasteiger charge is 2.64. The van der Waals surface area contributed by atoms with E-state index in [0.717, 1.165) is 43.4 Å². The van der Waals surface area contributed by atoms with Crippen LogP contribution in [0.15, 0.2) is 15.9 Å². The topological polar surface area (TPSA) is 109 Å². The van der Waals surface area contributed by atoms with Gasteiger partial charge in [-0.15, -0.1) is 11.3 Å². The van der Waals surface area contributed by atoms with Gasteiger partial charge in [0.1, 0.15) is 6.73 Å². The summed E-state index contributed by atoms with van der Waals surface area (Å²) in [6, 6.07) is 0. The van der Waals surface area contributed by atoms with Crippen LogP contribution in [-0.2, 0) is 14.8 Å². The Morgan fingerprint density at radius 2 is 1.87 bits per heavy atom. The smallest absolute Gasteiger partial charge is 0.269 e. The zero-order chi connectivity index (χ0) is 27.3. The Balaban J connectivity index is 1.21. The Morgan fingerprint density at radius 1 is 1.13 bits per heavy atom. The molecule has 4 aliphatic carbocycles. The average Bonchev–Trinajstić information content (AvgIpc) is 3.54. The summed E-state index contributed by atoms with van der Waals surface area (Å²) in [6.07, 6.45) is 10.6. The SMILES string of the molecule is CC[C@H]1[C@@H](O)[C@@H]2[C@H](CC[C@]3(C)[C@@H]([C@H](C)CCOCNS(=O)(=O)c4nccs4)CC[C@@H]23)[C@@]2(C)CC[C@@H](O)C[C@@H]12. The zero-order valence-corrected chi connectivity index (χ0v) is 25.1. The first-order valence-electron chi connectivity index (χ1n) is 14.9. The van der Waals surface area contributed by atoms with Gasteiger partial charge < -0.3 is 14.9 Å². The summed E-state index contributed by atoms with van der Waals surface area (Å²) >= 11 is 1.09. The van der Waals surface area contributed by atoms with Crippen molar-refractivity contribution in [1.29, 1.82) is 0 Å². The fourth-order valence-electron chi connectivity index (χ4n) is 10.00. The van der Waals surface area contributed by atoms with E-state index < -0.39 is 10.0 Å². The first kappa shape index (κ1) is 28.9. The fourth-order valence-corrected chi connectivity index (χ4v) is 11.8. The summed E-state index contributed by atoms with van der Waals surface area (Å²) in [6.45, 7) is 10.0. The maximum atomic E-state index is 12.2. The number of hydrogen-bond donors (Lipinski definition) is 3. The highest BCUT2D eigenvalue weighted by atomic mass is 32.2. The van der Waals surface area contributed by atoms with Crippen LogP contribution in [0.4, 0.5) is 0 Å². The number of aliphatic hydroxyl groups is 2. The predicted molar refractivity (Wildman–Crippen MR) is 149 cm³/mol. The van der Waals surface area contributed by atoms with Crippen LogP contribution in [0.5, 0.6) is 0 Å². The molecule has 1 heterocycles. The van der Waals surface area contributed by atoms with Gasteiger partial charge in [0.2, 0.25) is 4.34 Å². The van der Waals surface area contributed by atoms with E-state index >= 15 is 0 Å². The van der Waals surface area contributed by atoms with Crippen LogP contribution in [0.3, 0.4) is 0 Å². The second-order valence-electron chi connectivity index (χ2n) is 13.4. The van der Waals surface area contributed by atoms with Crippen molar-refractivity contribution in [1.82, 2.24) is 9.71 Å². The number of ether oxygens (including phenoxy) is 1. The highest BCUT2D eigenvalue weighted by molar-refractivity contribution is 7.91. The molecule has 4 aliphatic rings. The Labute approximate surface area is 233 Å². The summed E-state index contributed by atoms with van der Waals surface area (Å²) in [4.78, 5) is 3.87. The largest absolute Gasteiger partial charge is 0.393 e. The quantitative estimate of drug-likeness (QED) is 0.284. The lowest BCUT2D eigenvalue weighted by Crippen LogP contribution is -2.62. The van der Waals surface area contributed by atoms with Gasteiger partial charge in [-0.2, -0.15) is 4.72 Å². The lowest BCUT2D eigenvalue weighted by Gasteiger charge is -2.64. The number of rotatable bonds is 9. The molecule has 5 rings (SSSR count). The van der Waals surface area contributed by atoms with Crippen LogP contribution in [-0.4, -0.2) is 49.2 Å². The molecule has 9 heteroatoms. The minimum absolute atomic E-state index is 0.0397. The van der Waals surface area contributed by atoms with Crippen LogP contribution in [0, 0.1) is 52.3 Å². The van der Waals surface area contributed by atoms with Crippen molar-refractivity contribution in [3.8, 4) is 0 Å². The second kappa shape index (κ2) is 11.0. The zero-order valence-electron chi connectivity index (χ0n) is 23.5. The molecule has 4 fully saturated rings. The number of fused-ring (bicyclic) bond motifs is 5. The standard InChI is InChI=1S/C29H48N2O5S2/c1-5-20-24-16-19(32)8-11-29(24,4)23-9-12-28(3)21(6-7-22(28)25(23)26(20)33)18(2)10-14-36-17-31-38(34,35)27-30-13-15-37-27/h13,15,18-26,31-33H,5-12,14,16-17H2,1-4H3/t18-,19-,20-,21-,22+,23+,24+,25+,26-,28-,29-/m1/s1. The first-order chi connectivity index (χ1) is 18.0. The average molecular weight is 569 g/mol. The molecule has 0 radical (unpaired) electrons. The van der Waals surface area contributed by atoms with Crippen molar-refractivity contribution >= 4 is 21.4 Å². The van der Waals surface area contributed by atoms with Crippen LogP contribution in [0.25, 0.3) is 0 Å². The molecule has 7 nitrogen and oxygen atoms in total. The van der Waals surface area contributed by atoms with Gasteiger partial charge >= 0.3 is 0 Å². The molecule has 0 bridgehead atoms. The van der Waals surface area contributed by atoms with Gasteiger partial charge in [0, 0.05) is 18.2 Å². The Bertz CT molecular complexity index is 1050. The van der Waals surface area contributed by atoms with Gasteiger partial charge in [0.25, 0.3) is 10.0 Å². The van der Waals surface area contributed by atoms with Gasteiger partial charge in [-0.25, -0.2) is 13.4 Å². The third-order valence-electron chi connectivity index (χ3n) is 11.9. The lowest BCUT2D eigenvalue weighted by molar-refractivity contribution is -0.203. The van der Waals surface area contributed by atoms with E-state index in [0.29, 0.717) is 42.1 Å². The predicted octanol–water partition coefficient (Wildman–Crippen LogP) is 5.05. The summed E-state index contributed by atoms with van der Waals surface area (Å²) in [5.41, 5.74) is 0.457. The van der Waals surface area contributed by atoms with Crippen molar-refractivity contribution in [3.63, 3.8) is 0 Å². The minimum Gasteiger partial charge on any atom is -0.393 e. The molecule has 38 heavy (non-hydrogen) atoms. The second-order valence-corrected chi connectivity index (χ2v) is 16.2. The van der Waals surface area contributed by atoms with Crippen molar-refractivity contribution in [3.05, 3.63) is 11.6 Å². The lowest BCUT2D eigenvalue weighted by atomic mass is 9.41. The Kier molecular flexibility index (Phi) is 8.38. The number of thiazole rings is 1. The molecule has 1 aromatic rings. The molecule has 0 amide bonds. The molecule has 1 aromatic heterocycles. The van der Waals surface area contributed by atoms with Crippen LogP contribution < -0.4 is 4.72 Å². The molecule has 3 N–H and O–H groups in total.